The molecule has 0 unspecified atom stereocenters. The summed E-state index contributed by atoms with van der Waals surface area (Å²) < 4.78 is 0. The smallest absolute Gasteiger partial charge is 0.217 e. The lowest BCUT2D eigenvalue weighted by molar-refractivity contribution is -0.118. The van der Waals surface area contributed by atoms with Crippen LogP contribution in [0.1, 0.15) is 26.7 Å². The van der Waals surface area contributed by atoms with Crippen LogP contribution in [-0.2, 0) is 4.79 Å². The summed E-state index contributed by atoms with van der Waals surface area (Å²) in [6, 6.07) is 0. The number of primary amides is 1. The van der Waals surface area contributed by atoms with E-state index >= 15 is 0 Å². The van der Waals surface area contributed by atoms with E-state index < -0.39 is 0 Å². The van der Waals surface area contributed by atoms with E-state index in [1.807, 2.05) is 13.8 Å². The normalized spacial score (nSPS) is 11.2. The fourth-order valence-electron chi connectivity index (χ4n) is 0.571. The van der Waals surface area contributed by atoms with Gasteiger partial charge in [0.1, 0.15) is 0 Å². The van der Waals surface area contributed by atoms with Gasteiger partial charge in [0, 0.05) is 16.9 Å². The predicted octanol–water partition coefficient (Wildman–Crippen LogP) is 2.03. The molecule has 0 aromatic carbocycles. The minimum absolute atomic E-state index is 0.198. The van der Waals surface area contributed by atoms with Crippen molar-refractivity contribution < 1.29 is 4.79 Å². The Morgan fingerprint density at radius 1 is 1.64 bits per heavy atom. The SMILES string of the molecule is C=C(Cl)C(C)(C)CCC(N)=O. The summed E-state index contributed by atoms with van der Waals surface area (Å²) in [5.74, 6) is -0.295. The van der Waals surface area contributed by atoms with Gasteiger partial charge in [0.15, 0.2) is 0 Å². The van der Waals surface area contributed by atoms with Crippen molar-refractivity contribution in [3.8, 4) is 0 Å². The minimum Gasteiger partial charge on any atom is -0.370 e. The molecule has 0 bridgehead atoms. The van der Waals surface area contributed by atoms with Crippen molar-refractivity contribution in [2.75, 3.05) is 0 Å². The molecule has 0 aromatic heterocycles. The Kier molecular flexibility index (Phi) is 3.59. The summed E-state index contributed by atoms with van der Waals surface area (Å²) in [6.45, 7) is 7.49. The van der Waals surface area contributed by atoms with Crippen molar-refractivity contribution in [1.82, 2.24) is 0 Å². The number of nitrogens with two attached hydrogens (primary N) is 1. The molecule has 0 saturated heterocycles. The molecule has 0 spiro atoms. The van der Waals surface area contributed by atoms with Gasteiger partial charge in [0.2, 0.25) is 5.91 Å². The third kappa shape index (κ3) is 4.04. The molecule has 0 heterocycles. The summed E-state index contributed by atoms with van der Waals surface area (Å²) >= 11 is 5.71. The van der Waals surface area contributed by atoms with Gasteiger partial charge in [-0.15, -0.1) is 0 Å². The molecule has 1 amide bonds. The molecule has 0 aliphatic heterocycles. The Morgan fingerprint density at radius 3 is 2.36 bits per heavy atom. The third-order valence-electron chi connectivity index (χ3n) is 1.73. The summed E-state index contributed by atoms with van der Waals surface area (Å²) in [6.07, 6.45) is 1.02. The van der Waals surface area contributed by atoms with E-state index in [9.17, 15) is 4.79 Å². The molecule has 2 N–H and O–H groups in total. The number of hydrogen-bond donors (Lipinski definition) is 1. The first-order valence-corrected chi connectivity index (χ1v) is 3.87. The van der Waals surface area contributed by atoms with Crippen molar-refractivity contribution in [2.45, 2.75) is 26.7 Å². The Hall–Kier alpha value is -0.500. The number of allylic oxidation sites excluding steroid dienone is 1. The molecular weight excluding hydrogens is 162 g/mol. The summed E-state index contributed by atoms with van der Waals surface area (Å²) in [4.78, 5) is 10.4. The molecule has 11 heavy (non-hydrogen) atoms. The highest BCUT2D eigenvalue weighted by molar-refractivity contribution is 6.29. The largest absolute Gasteiger partial charge is 0.370 e. The molecule has 64 valence electrons. The first-order valence-electron chi connectivity index (χ1n) is 3.49. The van der Waals surface area contributed by atoms with Crippen LogP contribution in [0.2, 0.25) is 0 Å². The van der Waals surface area contributed by atoms with E-state index in [-0.39, 0.29) is 11.3 Å². The number of rotatable bonds is 4. The maximum Gasteiger partial charge on any atom is 0.217 e. The third-order valence-corrected chi connectivity index (χ3v) is 2.24. The van der Waals surface area contributed by atoms with Gasteiger partial charge in [0.05, 0.1) is 0 Å². The van der Waals surface area contributed by atoms with Crippen molar-refractivity contribution in [3.63, 3.8) is 0 Å². The van der Waals surface area contributed by atoms with Crippen molar-refractivity contribution in [1.29, 1.82) is 0 Å². The molecule has 3 heteroatoms. The monoisotopic (exact) mass is 175 g/mol. The van der Waals surface area contributed by atoms with Crippen molar-refractivity contribution in [2.24, 2.45) is 11.1 Å². The van der Waals surface area contributed by atoms with Crippen LogP contribution < -0.4 is 5.73 Å². The standard InChI is InChI=1S/C8H14ClNO/c1-6(9)8(2,3)5-4-7(10)11/h1,4-5H2,2-3H3,(H2,10,11). The Balaban J connectivity index is 3.92. The molecule has 0 atom stereocenters. The highest BCUT2D eigenvalue weighted by Crippen LogP contribution is 2.32. The van der Waals surface area contributed by atoms with Crippen LogP contribution in [0, 0.1) is 5.41 Å². The second kappa shape index (κ2) is 3.77. The zero-order valence-electron chi connectivity index (χ0n) is 6.98. The zero-order valence-corrected chi connectivity index (χ0v) is 7.74. The fourth-order valence-corrected chi connectivity index (χ4v) is 0.666. The molecule has 0 saturated carbocycles. The van der Waals surface area contributed by atoms with Gasteiger partial charge < -0.3 is 5.73 Å². The summed E-state index contributed by atoms with van der Waals surface area (Å²) in [5, 5.41) is 0.568. The lowest BCUT2D eigenvalue weighted by Crippen LogP contribution is -2.17. The number of carbonyl (C=O) groups excluding carboxylic acids is 1. The van der Waals surface area contributed by atoms with Gasteiger partial charge in [0.25, 0.3) is 0 Å². The average molecular weight is 176 g/mol. The Morgan fingerprint density at radius 2 is 2.09 bits per heavy atom. The van der Waals surface area contributed by atoms with Gasteiger partial charge >= 0.3 is 0 Å². The minimum atomic E-state index is -0.295. The molecule has 0 aromatic rings. The Labute approximate surface area is 72.4 Å². The van der Waals surface area contributed by atoms with E-state index in [4.69, 9.17) is 17.3 Å². The van der Waals surface area contributed by atoms with Crippen LogP contribution in [0.5, 0.6) is 0 Å². The van der Waals surface area contributed by atoms with Crippen LogP contribution in [0.15, 0.2) is 11.6 Å². The molecule has 2 nitrogen and oxygen atoms in total. The maximum absolute atomic E-state index is 10.4. The lowest BCUT2D eigenvalue weighted by Gasteiger charge is -2.22. The number of halogens is 1. The highest BCUT2D eigenvalue weighted by Gasteiger charge is 2.20. The fraction of sp³-hybridized carbons (Fsp3) is 0.625. The second-order valence-corrected chi connectivity index (χ2v) is 3.71. The molecule has 0 rings (SSSR count). The van der Waals surface area contributed by atoms with E-state index in [1.54, 1.807) is 0 Å². The van der Waals surface area contributed by atoms with Gasteiger partial charge in [-0.25, -0.2) is 0 Å². The van der Waals surface area contributed by atoms with E-state index in [0.29, 0.717) is 17.9 Å². The molecule has 0 aliphatic carbocycles. The van der Waals surface area contributed by atoms with E-state index in [1.165, 1.54) is 0 Å². The first-order chi connectivity index (χ1) is 4.86. The van der Waals surface area contributed by atoms with Crippen LogP contribution in [-0.4, -0.2) is 5.91 Å². The highest BCUT2D eigenvalue weighted by atomic mass is 35.5. The van der Waals surface area contributed by atoms with Gasteiger partial charge in [-0.2, -0.15) is 0 Å². The first kappa shape index (κ1) is 10.5. The van der Waals surface area contributed by atoms with E-state index in [2.05, 4.69) is 6.58 Å². The number of carbonyl (C=O) groups is 1. The van der Waals surface area contributed by atoms with Crippen LogP contribution in [0.25, 0.3) is 0 Å². The molecule has 0 radical (unpaired) electrons. The topological polar surface area (TPSA) is 43.1 Å². The molecule has 0 aliphatic rings. The van der Waals surface area contributed by atoms with Crippen molar-refractivity contribution in [3.05, 3.63) is 11.6 Å². The molecule has 0 fully saturated rings. The lowest BCUT2D eigenvalue weighted by atomic mass is 9.88. The quantitative estimate of drug-likeness (QED) is 0.698. The maximum atomic E-state index is 10.4. The van der Waals surface area contributed by atoms with Gasteiger partial charge in [-0.3, -0.25) is 4.79 Å². The van der Waals surface area contributed by atoms with Crippen LogP contribution in [0.3, 0.4) is 0 Å². The predicted molar refractivity (Wildman–Crippen MR) is 47.2 cm³/mol. The molecular formula is C8H14ClNO. The Bertz CT molecular complexity index is 175. The number of amides is 1. The van der Waals surface area contributed by atoms with E-state index in [0.717, 1.165) is 0 Å². The average Bonchev–Trinajstić information content (AvgIpc) is 1.84. The second-order valence-electron chi connectivity index (χ2n) is 3.26. The summed E-state index contributed by atoms with van der Waals surface area (Å²) in [5.41, 5.74) is 4.79. The van der Waals surface area contributed by atoms with Crippen LogP contribution >= 0.6 is 11.6 Å². The number of hydrogen-bond acceptors (Lipinski definition) is 1. The summed E-state index contributed by atoms with van der Waals surface area (Å²) in [7, 11) is 0. The van der Waals surface area contributed by atoms with Crippen LogP contribution in [0.4, 0.5) is 0 Å². The zero-order chi connectivity index (χ0) is 9.07. The van der Waals surface area contributed by atoms with Gasteiger partial charge in [-0.1, -0.05) is 32.0 Å². The van der Waals surface area contributed by atoms with Gasteiger partial charge in [-0.05, 0) is 6.42 Å². The van der Waals surface area contributed by atoms with Crippen molar-refractivity contribution >= 4 is 17.5 Å².